The fourth-order valence-electron chi connectivity index (χ4n) is 2.72. The minimum absolute atomic E-state index is 0.774. The van der Waals surface area contributed by atoms with Crippen LogP contribution in [0.25, 0.3) is 5.82 Å². The molecule has 0 atom stereocenters. The lowest BCUT2D eigenvalue weighted by molar-refractivity contribution is 0.633. The van der Waals surface area contributed by atoms with E-state index in [1.54, 1.807) is 23.3 Å². The second kappa shape index (κ2) is 6.56. The van der Waals surface area contributed by atoms with Gasteiger partial charge in [0.2, 0.25) is 5.95 Å². The SMILES string of the molecule is Brc1cnc(N2CCN(c3cccc(-n4cccn4)n3)CC2)nc1. The summed E-state index contributed by atoms with van der Waals surface area (Å²) in [6.07, 6.45) is 7.22. The van der Waals surface area contributed by atoms with Gasteiger partial charge in [0.15, 0.2) is 5.82 Å². The molecule has 122 valence electrons. The average Bonchev–Trinajstić information content (AvgIpc) is 3.17. The number of aromatic nitrogens is 5. The molecule has 4 rings (SSSR count). The van der Waals surface area contributed by atoms with E-state index >= 15 is 0 Å². The topological polar surface area (TPSA) is 63.0 Å². The van der Waals surface area contributed by atoms with Crippen molar-refractivity contribution in [2.24, 2.45) is 0 Å². The number of pyridine rings is 1. The Kier molecular flexibility index (Phi) is 4.12. The maximum absolute atomic E-state index is 4.72. The van der Waals surface area contributed by atoms with Crippen molar-refractivity contribution < 1.29 is 0 Å². The zero-order chi connectivity index (χ0) is 16.4. The molecule has 4 heterocycles. The summed E-state index contributed by atoms with van der Waals surface area (Å²) in [6.45, 7) is 3.51. The Bertz CT molecular complexity index is 796. The third kappa shape index (κ3) is 3.09. The minimum atomic E-state index is 0.774. The van der Waals surface area contributed by atoms with Crippen LogP contribution in [-0.2, 0) is 0 Å². The van der Waals surface area contributed by atoms with Crippen LogP contribution in [0.5, 0.6) is 0 Å². The second-order valence-corrected chi connectivity index (χ2v) is 6.40. The van der Waals surface area contributed by atoms with Crippen molar-refractivity contribution >= 4 is 27.7 Å². The highest BCUT2D eigenvalue weighted by Crippen LogP contribution is 2.18. The van der Waals surface area contributed by atoms with Gasteiger partial charge in [-0.2, -0.15) is 5.10 Å². The lowest BCUT2D eigenvalue weighted by Gasteiger charge is -2.35. The third-order valence-corrected chi connectivity index (χ3v) is 4.36. The fraction of sp³-hybridized carbons (Fsp3) is 0.250. The van der Waals surface area contributed by atoms with Crippen LogP contribution < -0.4 is 9.80 Å². The van der Waals surface area contributed by atoms with Crippen molar-refractivity contribution in [3.63, 3.8) is 0 Å². The Labute approximate surface area is 148 Å². The molecule has 0 spiro atoms. The zero-order valence-electron chi connectivity index (χ0n) is 13.0. The van der Waals surface area contributed by atoms with Crippen molar-refractivity contribution in [1.82, 2.24) is 24.7 Å². The Morgan fingerprint density at radius 3 is 2.29 bits per heavy atom. The summed E-state index contributed by atoms with van der Waals surface area (Å²) in [5.74, 6) is 2.58. The van der Waals surface area contributed by atoms with Gasteiger partial charge in [-0.15, -0.1) is 0 Å². The van der Waals surface area contributed by atoms with Gasteiger partial charge in [0.05, 0.1) is 4.47 Å². The first kappa shape index (κ1) is 15.1. The van der Waals surface area contributed by atoms with Gasteiger partial charge < -0.3 is 9.80 Å². The van der Waals surface area contributed by atoms with E-state index in [1.165, 1.54) is 0 Å². The normalized spacial score (nSPS) is 14.9. The van der Waals surface area contributed by atoms with E-state index in [4.69, 9.17) is 4.98 Å². The van der Waals surface area contributed by atoms with E-state index in [2.05, 4.69) is 40.8 Å². The van der Waals surface area contributed by atoms with Crippen molar-refractivity contribution in [3.05, 3.63) is 53.5 Å². The maximum Gasteiger partial charge on any atom is 0.225 e. The summed E-state index contributed by atoms with van der Waals surface area (Å²) in [6, 6.07) is 7.91. The van der Waals surface area contributed by atoms with Crippen LogP contribution in [0.15, 0.2) is 53.5 Å². The molecule has 3 aromatic heterocycles. The van der Waals surface area contributed by atoms with Crippen molar-refractivity contribution in [2.75, 3.05) is 36.0 Å². The molecule has 0 N–H and O–H groups in total. The summed E-state index contributed by atoms with van der Waals surface area (Å²) in [5.41, 5.74) is 0. The lowest BCUT2D eigenvalue weighted by atomic mass is 10.3. The van der Waals surface area contributed by atoms with Gasteiger partial charge in [-0.3, -0.25) is 0 Å². The smallest absolute Gasteiger partial charge is 0.225 e. The summed E-state index contributed by atoms with van der Waals surface area (Å²) in [5, 5.41) is 4.24. The lowest BCUT2D eigenvalue weighted by Crippen LogP contribution is -2.47. The monoisotopic (exact) mass is 385 g/mol. The maximum atomic E-state index is 4.72. The summed E-state index contributed by atoms with van der Waals surface area (Å²) >= 11 is 3.37. The van der Waals surface area contributed by atoms with E-state index in [9.17, 15) is 0 Å². The highest BCUT2D eigenvalue weighted by molar-refractivity contribution is 9.10. The van der Waals surface area contributed by atoms with E-state index in [0.29, 0.717) is 0 Å². The number of anilines is 2. The molecule has 1 fully saturated rings. The fourth-order valence-corrected chi connectivity index (χ4v) is 2.93. The van der Waals surface area contributed by atoms with Crippen LogP contribution in [0.1, 0.15) is 0 Å². The Morgan fingerprint density at radius 2 is 1.58 bits per heavy atom. The molecular weight excluding hydrogens is 370 g/mol. The van der Waals surface area contributed by atoms with Crippen LogP contribution >= 0.6 is 15.9 Å². The molecule has 0 unspecified atom stereocenters. The quantitative estimate of drug-likeness (QED) is 0.688. The molecule has 0 radical (unpaired) electrons. The minimum Gasteiger partial charge on any atom is -0.353 e. The highest BCUT2D eigenvalue weighted by Gasteiger charge is 2.20. The van der Waals surface area contributed by atoms with E-state index in [0.717, 1.165) is 48.2 Å². The molecule has 0 saturated carbocycles. The Morgan fingerprint density at radius 1 is 0.875 bits per heavy atom. The van der Waals surface area contributed by atoms with Crippen LogP contribution in [-0.4, -0.2) is 50.9 Å². The van der Waals surface area contributed by atoms with Crippen LogP contribution in [0.3, 0.4) is 0 Å². The summed E-state index contributed by atoms with van der Waals surface area (Å²) in [4.78, 5) is 17.9. The van der Waals surface area contributed by atoms with Gasteiger partial charge in [0, 0.05) is 51.0 Å². The molecule has 8 heteroatoms. The summed E-state index contributed by atoms with van der Waals surface area (Å²) in [7, 11) is 0. The molecule has 24 heavy (non-hydrogen) atoms. The first-order valence-corrected chi connectivity index (χ1v) is 8.53. The number of rotatable bonds is 3. The standard InChI is InChI=1S/C16H16BrN7/c17-13-11-18-16(19-12-13)23-9-7-22(8-10-23)14-3-1-4-15(21-14)24-6-2-5-20-24/h1-6,11-12H,7-10H2. The molecule has 1 aliphatic rings. The molecule has 0 aliphatic carbocycles. The number of hydrogen-bond acceptors (Lipinski definition) is 6. The van der Waals surface area contributed by atoms with Gasteiger partial charge in [-0.1, -0.05) is 6.07 Å². The Balaban J connectivity index is 1.46. The molecule has 3 aromatic rings. The van der Waals surface area contributed by atoms with Gasteiger partial charge in [0.25, 0.3) is 0 Å². The van der Waals surface area contributed by atoms with E-state index < -0.39 is 0 Å². The third-order valence-electron chi connectivity index (χ3n) is 3.95. The second-order valence-electron chi connectivity index (χ2n) is 5.48. The first-order chi connectivity index (χ1) is 11.8. The molecular formula is C16H16BrN7. The van der Waals surface area contributed by atoms with Gasteiger partial charge in [-0.25, -0.2) is 19.6 Å². The molecule has 0 bridgehead atoms. The van der Waals surface area contributed by atoms with Gasteiger partial charge >= 0.3 is 0 Å². The largest absolute Gasteiger partial charge is 0.353 e. The average molecular weight is 386 g/mol. The predicted octanol–water partition coefficient (Wildman–Crippen LogP) is 2.15. The molecule has 1 aliphatic heterocycles. The van der Waals surface area contributed by atoms with Crippen LogP contribution in [0, 0.1) is 0 Å². The van der Waals surface area contributed by atoms with Crippen LogP contribution in [0.4, 0.5) is 11.8 Å². The predicted molar refractivity (Wildman–Crippen MR) is 95.5 cm³/mol. The molecule has 1 saturated heterocycles. The molecule has 0 amide bonds. The van der Waals surface area contributed by atoms with Crippen molar-refractivity contribution in [1.29, 1.82) is 0 Å². The molecule has 7 nitrogen and oxygen atoms in total. The first-order valence-electron chi connectivity index (χ1n) is 7.74. The van der Waals surface area contributed by atoms with Crippen molar-refractivity contribution in [3.8, 4) is 5.82 Å². The highest BCUT2D eigenvalue weighted by atomic mass is 79.9. The van der Waals surface area contributed by atoms with Crippen molar-refractivity contribution in [2.45, 2.75) is 0 Å². The number of hydrogen-bond donors (Lipinski definition) is 0. The van der Waals surface area contributed by atoms with E-state index in [-0.39, 0.29) is 0 Å². The Hall–Kier alpha value is -2.48. The summed E-state index contributed by atoms with van der Waals surface area (Å²) < 4.78 is 2.67. The van der Waals surface area contributed by atoms with Gasteiger partial charge in [-0.05, 0) is 34.1 Å². The molecule has 0 aromatic carbocycles. The van der Waals surface area contributed by atoms with Gasteiger partial charge in [0.1, 0.15) is 5.82 Å². The number of piperazine rings is 1. The number of nitrogens with zero attached hydrogens (tertiary/aromatic N) is 7. The van der Waals surface area contributed by atoms with Crippen LogP contribution in [0.2, 0.25) is 0 Å². The van der Waals surface area contributed by atoms with E-state index in [1.807, 2.05) is 30.5 Å². The zero-order valence-corrected chi connectivity index (χ0v) is 14.5. The number of halogens is 1.